The maximum atomic E-state index is 10.9. The van der Waals surface area contributed by atoms with Crippen LogP contribution in [-0.4, -0.2) is 23.8 Å². The zero-order chi connectivity index (χ0) is 12.6. The summed E-state index contributed by atoms with van der Waals surface area (Å²) >= 11 is 0. The number of hydrogen-bond donors (Lipinski definition) is 0. The molecule has 0 N–H and O–H groups in total. The number of ether oxygens (including phenoxy) is 2. The van der Waals surface area contributed by atoms with Crippen LogP contribution in [0.3, 0.4) is 0 Å². The first kappa shape index (κ1) is 15.1. The van der Waals surface area contributed by atoms with Gasteiger partial charge in [0.1, 0.15) is 11.9 Å². The van der Waals surface area contributed by atoms with Gasteiger partial charge in [-0.15, -0.1) is 0 Å². The first-order valence-corrected chi connectivity index (χ1v) is 6.83. The molecule has 0 atom stereocenters. The normalized spacial score (nSPS) is 9.38. The Hall–Kier alpha value is -0.880. The highest BCUT2D eigenvalue weighted by atomic mass is 33.1. The summed E-state index contributed by atoms with van der Waals surface area (Å²) in [7, 11) is 2.56. The van der Waals surface area contributed by atoms with Gasteiger partial charge in [-0.1, -0.05) is 13.2 Å². The molecule has 0 aliphatic carbocycles. The molecule has 0 aromatic rings. The van der Waals surface area contributed by atoms with Gasteiger partial charge in [-0.25, -0.2) is 9.59 Å². The van der Waals surface area contributed by atoms with Crippen LogP contribution in [-0.2, 0) is 19.1 Å². The third kappa shape index (κ3) is 7.42. The lowest BCUT2D eigenvalue weighted by molar-refractivity contribution is -0.137. The Bertz CT molecular complexity index is 269. The van der Waals surface area contributed by atoms with Crippen molar-refractivity contribution in [2.24, 2.45) is 0 Å². The average molecular weight is 262 g/mol. The van der Waals surface area contributed by atoms with E-state index in [2.05, 4.69) is 13.2 Å². The molecular weight excluding hydrogens is 248 g/mol. The zero-order valence-electron chi connectivity index (χ0n) is 9.28. The molecule has 0 rings (SSSR count). The molecule has 0 amide bonds. The fourth-order valence-corrected chi connectivity index (χ4v) is 1.61. The minimum atomic E-state index is -0.424. The summed E-state index contributed by atoms with van der Waals surface area (Å²) < 4.78 is 9.61. The van der Waals surface area contributed by atoms with Crippen LogP contribution in [0.2, 0.25) is 0 Å². The molecule has 0 fully saturated rings. The Balaban J connectivity index is 3.41. The van der Waals surface area contributed by atoms with Gasteiger partial charge in [0.25, 0.3) is 0 Å². The van der Waals surface area contributed by atoms with E-state index >= 15 is 0 Å². The van der Waals surface area contributed by atoms with E-state index in [1.165, 1.54) is 21.6 Å². The van der Waals surface area contributed by atoms with E-state index in [1.807, 2.05) is 0 Å². The SMILES string of the molecule is C=C(C)C(=O)OCSSCOC(=O)C(=C)C. The molecule has 0 unspecified atom stereocenters. The standard InChI is InChI=1S/C10H14O4S2/c1-7(2)9(11)13-5-15-16-6-14-10(12)8(3)4/h1,3,5-6H2,2,4H3. The van der Waals surface area contributed by atoms with E-state index in [1.54, 1.807) is 13.8 Å². The smallest absolute Gasteiger partial charge is 0.333 e. The lowest BCUT2D eigenvalue weighted by Crippen LogP contribution is -2.05. The molecule has 0 aliphatic heterocycles. The molecule has 90 valence electrons. The second kappa shape index (κ2) is 8.29. The molecule has 0 saturated heterocycles. The zero-order valence-corrected chi connectivity index (χ0v) is 10.9. The molecule has 0 saturated carbocycles. The number of esters is 2. The fraction of sp³-hybridized carbons (Fsp3) is 0.400. The van der Waals surface area contributed by atoms with Gasteiger partial charge in [-0.05, 0) is 35.4 Å². The van der Waals surface area contributed by atoms with Gasteiger partial charge in [0.05, 0.1) is 0 Å². The van der Waals surface area contributed by atoms with E-state index in [0.717, 1.165) is 0 Å². The first-order chi connectivity index (χ1) is 7.45. The minimum Gasteiger partial charge on any atom is -0.450 e. The molecule has 0 aromatic carbocycles. The van der Waals surface area contributed by atoms with Gasteiger partial charge in [-0.2, -0.15) is 0 Å². The Morgan fingerprint density at radius 1 is 0.938 bits per heavy atom. The van der Waals surface area contributed by atoms with Crippen LogP contribution in [0.25, 0.3) is 0 Å². The summed E-state index contributed by atoms with van der Waals surface area (Å²) in [6.07, 6.45) is 0. The molecule has 0 aromatic heterocycles. The van der Waals surface area contributed by atoms with E-state index in [0.29, 0.717) is 11.1 Å². The first-order valence-electron chi connectivity index (χ1n) is 4.34. The van der Waals surface area contributed by atoms with Crippen LogP contribution in [0.4, 0.5) is 0 Å². The predicted molar refractivity (Wildman–Crippen MR) is 66.7 cm³/mol. The monoisotopic (exact) mass is 262 g/mol. The predicted octanol–water partition coefficient (Wildman–Crippen LogP) is 2.52. The Labute approximate surface area is 103 Å². The van der Waals surface area contributed by atoms with E-state index < -0.39 is 11.9 Å². The lowest BCUT2D eigenvalue weighted by atomic mass is 10.4. The summed E-state index contributed by atoms with van der Waals surface area (Å²) in [4.78, 5) is 21.9. The van der Waals surface area contributed by atoms with Crippen LogP contribution in [0.1, 0.15) is 13.8 Å². The Morgan fingerprint density at radius 3 is 1.50 bits per heavy atom. The van der Waals surface area contributed by atoms with Crippen LogP contribution in [0.15, 0.2) is 24.3 Å². The van der Waals surface area contributed by atoms with Crippen LogP contribution < -0.4 is 0 Å². The van der Waals surface area contributed by atoms with E-state index in [9.17, 15) is 9.59 Å². The van der Waals surface area contributed by atoms with Crippen molar-refractivity contribution >= 4 is 33.5 Å². The number of rotatable bonds is 7. The molecule has 16 heavy (non-hydrogen) atoms. The molecule has 6 heteroatoms. The number of carbonyl (C=O) groups excluding carboxylic acids is 2. The van der Waals surface area contributed by atoms with Crippen molar-refractivity contribution in [2.75, 3.05) is 11.9 Å². The van der Waals surface area contributed by atoms with E-state index in [-0.39, 0.29) is 11.9 Å². The van der Waals surface area contributed by atoms with Gasteiger partial charge in [0, 0.05) is 11.1 Å². The molecule has 0 spiro atoms. The van der Waals surface area contributed by atoms with E-state index in [4.69, 9.17) is 9.47 Å². The van der Waals surface area contributed by atoms with Gasteiger partial charge in [0.15, 0.2) is 0 Å². The van der Waals surface area contributed by atoms with Crippen LogP contribution in [0, 0.1) is 0 Å². The van der Waals surface area contributed by atoms with Crippen LogP contribution >= 0.6 is 21.6 Å². The summed E-state index contributed by atoms with van der Waals surface area (Å²) in [5.41, 5.74) is 0.721. The summed E-state index contributed by atoms with van der Waals surface area (Å²) in [6.45, 7) is 10.0. The quantitative estimate of drug-likeness (QED) is 0.231. The highest BCUT2D eigenvalue weighted by Gasteiger charge is 2.04. The highest BCUT2D eigenvalue weighted by molar-refractivity contribution is 8.76. The molecular formula is C10H14O4S2. The third-order valence-electron chi connectivity index (χ3n) is 1.26. The van der Waals surface area contributed by atoms with Crippen molar-refractivity contribution in [1.82, 2.24) is 0 Å². The minimum absolute atomic E-state index is 0.195. The summed E-state index contributed by atoms with van der Waals surface area (Å²) in [6, 6.07) is 0. The fourth-order valence-electron chi connectivity index (χ4n) is 0.470. The van der Waals surface area contributed by atoms with Crippen molar-refractivity contribution in [1.29, 1.82) is 0 Å². The second-order valence-electron chi connectivity index (χ2n) is 2.90. The number of hydrogen-bond acceptors (Lipinski definition) is 6. The van der Waals surface area contributed by atoms with Crippen molar-refractivity contribution in [3.63, 3.8) is 0 Å². The van der Waals surface area contributed by atoms with Crippen LogP contribution in [0.5, 0.6) is 0 Å². The van der Waals surface area contributed by atoms with Crippen molar-refractivity contribution in [3.8, 4) is 0 Å². The molecule has 0 heterocycles. The van der Waals surface area contributed by atoms with Crippen molar-refractivity contribution < 1.29 is 19.1 Å². The Morgan fingerprint density at radius 2 is 1.25 bits per heavy atom. The van der Waals surface area contributed by atoms with Crippen molar-refractivity contribution in [3.05, 3.63) is 24.3 Å². The average Bonchev–Trinajstić information content (AvgIpc) is 2.21. The maximum Gasteiger partial charge on any atom is 0.333 e. The van der Waals surface area contributed by atoms with Gasteiger partial charge in [-0.3, -0.25) is 0 Å². The van der Waals surface area contributed by atoms with Gasteiger partial charge < -0.3 is 9.47 Å². The Kier molecular flexibility index (Phi) is 7.84. The third-order valence-corrected chi connectivity index (χ3v) is 2.93. The highest BCUT2D eigenvalue weighted by Crippen LogP contribution is 2.21. The maximum absolute atomic E-state index is 10.9. The number of carbonyl (C=O) groups is 2. The van der Waals surface area contributed by atoms with Crippen molar-refractivity contribution in [2.45, 2.75) is 13.8 Å². The van der Waals surface area contributed by atoms with Gasteiger partial charge >= 0.3 is 11.9 Å². The molecule has 0 bridgehead atoms. The largest absolute Gasteiger partial charge is 0.450 e. The lowest BCUT2D eigenvalue weighted by Gasteiger charge is -2.04. The summed E-state index contributed by atoms with van der Waals surface area (Å²) in [5.74, 6) is -0.457. The molecule has 4 nitrogen and oxygen atoms in total. The molecule has 0 aliphatic rings. The topological polar surface area (TPSA) is 52.6 Å². The van der Waals surface area contributed by atoms with Gasteiger partial charge in [0.2, 0.25) is 0 Å². The molecule has 0 radical (unpaired) electrons. The summed E-state index contributed by atoms with van der Waals surface area (Å²) in [5, 5.41) is 0. The second-order valence-corrected chi connectivity index (χ2v) is 5.25.